The molecule has 0 saturated carbocycles. The van der Waals surface area contributed by atoms with Crippen molar-refractivity contribution in [3.05, 3.63) is 35.4 Å². The average Bonchev–Trinajstić information content (AvgIpc) is 2.76. The lowest BCUT2D eigenvalue weighted by Crippen LogP contribution is -2.56. The molecule has 1 heterocycles. The van der Waals surface area contributed by atoms with Crippen molar-refractivity contribution >= 4 is 11.9 Å². The normalized spacial score (nSPS) is 22.5. The number of hydrogen-bond donors (Lipinski definition) is 8. The molecule has 0 aliphatic carbocycles. The van der Waals surface area contributed by atoms with Crippen molar-refractivity contribution in [2.75, 3.05) is 13.2 Å². The summed E-state index contributed by atoms with van der Waals surface area (Å²) < 4.78 is 15.2. The summed E-state index contributed by atoms with van der Waals surface area (Å²) in [6.07, 6.45) is -5.95. The second-order valence-electron chi connectivity index (χ2n) is 7.12. The van der Waals surface area contributed by atoms with E-state index in [4.69, 9.17) is 14.2 Å². The van der Waals surface area contributed by atoms with E-state index in [1.54, 1.807) is 0 Å². The highest BCUT2D eigenvalue weighted by Gasteiger charge is 2.42. The van der Waals surface area contributed by atoms with Gasteiger partial charge in [-0.25, -0.2) is 9.59 Å². The first-order valence-corrected chi connectivity index (χ1v) is 9.35. The summed E-state index contributed by atoms with van der Waals surface area (Å²) in [6, 6.07) is 3.28. The molecule has 1 aliphatic rings. The Morgan fingerprint density at radius 1 is 0.818 bits per heavy atom. The monoisotopic (exact) mass is 468 g/mol. The minimum atomic E-state index is -1.67. The van der Waals surface area contributed by atoms with Crippen LogP contribution in [-0.4, -0.2) is 90.4 Å². The molecular weight excluding hydrogens is 448 g/mol. The highest BCUT2D eigenvalue weighted by molar-refractivity contribution is 5.91. The summed E-state index contributed by atoms with van der Waals surface area (Å²) in [4.78, 5) is 24.5. The molecule has 1 saturated heterocycles. The summed E-state index contributed by atoms with van der Waals surface area (Å²) in [5.74, 6) is -7.02. The molecule has 13 heteroatoms. The maximum Gasteiger partial charge on any atom is 0.338 e. The lowest BCUT2D eigenvalue weighted by atomic mass is 10.00. The number of phenolic OH excluding ortho intramolecular Hbond substituents is 6. The molecule has 4 atom stereocenters. The van der Waals surface area contributed by atoms with Crippen molar-refractivity contribution in [1.82, 2.24) is 0 Å². The third-order valence-corrected chi connectivity index (χ3v) is 4.81. The van der Waals surface area contributed by atoms with Crippen LogP contribution in [0.1, 0.15) is 20.7 Å². The molecule has 178 valence electrons. The number of aliphatic hydroxyl groups excluding tert-OH is 2. The summed E-state index contributed by atoms with van der Waals surface area (Å²) in [7, 11) is 0. The first-order chi connectivity index (χ1) is 15.5. The number of aliphatic hydroxyl groups is 2. The highest BCUT2D eigenvalue weighted by Crippen LogP contribution is 2.36. The van der Waals surface area contributed by atoms with Gasteiger partial charge in [0.15, 0.2) is 40.6 Å². The Balaban J connectivity index is 1.66. The number of aromatic hydroxyl groups is 6. The van der Waals surface area contributed by atoms with Gasteiger partial charge in [-0.3, -0.25) is 0 Å². The van der Waals surface area contributed by atoms with Crippen LogP contribution in [0.25, 0.3) is 0 Å². The molecule has 2 aromatic rings. The van der Waals surface area contributed by atoms with E-state index in [0.29, 0.717) is 0 Å². The molecule has 13 nitrogen and oxygen atoms in total. The molecule has 1 aliphatic heterocycles. The van der Waals surface area contributed by atoms with Crippen molar-refractivity contribution in [2.24, 2.45) is 0 Å². The van der Waals surface area contributed by atoms with Crippen molar-refractivity contribution in [3.63, 3.8) is 0 Å². The second kappa shape index (κ2) is 9.28. The van der Waals surface area contributed by atoms with Gasteiger partial charge in [-0.1, -0.05) is 0 Å². The Morgan fingerprint density at radius 2 is 1.27 bits per heavy atom. The maximum absolute atomic E-state index is 12.3. The second-order valence-corrected chi connectivity index (χ2v) is 7.12. The van der Waals surface area contributed by atoms with E-state index in [-0.39, 0.29) is 11.1 Å². The molecule has 3 rings (SSSR count). The smallest absolute Gasteiger partial charge is 0.338 e. The number of rotatable bonds is 5. The Labute approximate surface area is 184 Å². The van der Waals surface area contributed by atoms with Crippen LogP contribution < -0.4 is 0 Å². The molecule has 0 unspecified atom stereocenters. The minimum absolute atomic E-state index is 0.317. The molecule has 0 spiro atoms. The van der Waals surface area contributed by atoms with Crippen LogP contribution in [0, 0.1) is 0 Å². The lowest BCUT2D eigenvalue weighted by molar-refractivity contribution is -0.196. The van der Waals surface area contributed by atoms with E-state index in [1.165, 1.54) is 0 Å². The molecule has 8 N–H and O–H groups in total. The molecule has 0 radical (unpaired) electrons. The maximum atomic E-state index is 12.3. The van der Waals surface area contributed by atoms with Crippen molar-refractivity contribution in [3.8, 4) is 34.5 Å². The first kappa shape index (κ1) is 23.7. The fourth-order valence-electron chi connectivity index (χ4n) is 3.03. The highest BCUT2D eigenvalue weighted by atomic mass is 16.6. The summed E-state index contributed by atoms with van der Waals surface area (Å²) >= 11 is 0. The molecular formula is C20H20O13. The number of ether oxygens (including phenoxy) is 3. The fraction of sp³-hybridized carbons (Fsp3) is 0.300. The van der Waals surface area contributed by atoms with E-state index in [9.17, 15) is 50.4 Å². The van der Waals surface area contributed by atoms with Crippen molar-refractivity contribution in [2.45, 2.75) is 24.4 Å². The van der Waals surface area contributed by atoms with Crippen LogP contribution in [0.4, 0.5) is 0 Å². The van der Waals surface area contributed by atoms with Gasteiger partial charge < -0.3 is 55.1 Å². The van der Waals surface area contributed by atoms with Gasteiger partial charge in [0.1, 0.15) is 24.9 Å². The summed E-state index contributed by atoms with van der Waals surface area (Å²) in [5, 5.41) is 77.2. The molecule has 0 amide bonds. The topological polar surface area (TPSA) is 224 Å². The number of phenols is 6. The summed E-state index contributed by atoms with van der Waals surface area (Å²) in [6.45, 7) is -0.992. The van der Waals surface area contributed by atoms with E-state index in [0.717, 1.165) is 24.3 Å². The molecule has 1 fully saturated rings. The third-order valence-electron chi connectivity index (χ3n) is 4.81. The SMILES string of the molecule is O=C(OC[C@H]1OC[C@H](O)[C@@H](OC(=O)c2cc(O)c(O)c(O)c2)[C@@H]1O)c1cc(O)c(O)c(O)c1. The summed E-state index contributed by atoms with van der Waals surface area (Å²) in [5.41, 5.74) is -0.702. The van der Waals surface area contributed by atoms with Crippen LogP contribution in [-0.2, 0) is 14.2 Å². The van der Waals surface area contributed by atoms with E-state index < -0.39 is 84.1 Å². The molecule has 0 bridgehead atoms. The third kappa shape index (κ3) is 4.95. The zero-order valence-corrected chi connectivity index (χ0v) is 16.7. The quantitative estimate of drug-likeness (QED) is 0.203. The van der Waals surface area contributed by atoms with Gasteiger partial charge in [0.25, 0.3) is 0 Å². The van der Waals surface area contributed by atoms with Crippen LogP contribution in [0.5, 0.6) is 34.5 Å². The predicted octanol–water partition coefficient (Wildman–Crippen LogP) is -0.577. The van der Waals surface area contributed by atoms with Gasteiger partial charge in [0, 0.05) is 0 Å². The lowest BCUT2D eigenvalue weighted by Gasteiger charge is -2.37. The van der Waals surface area contributed by atoms with Crippen LogP contribution in [0.2, 0.25) is 0 Å². The van der Waals surface area contributed by atoms with Crippen LogP contribution >= 0.6 is 0 Å². The number of benzene rings is 2. The minimum Gasteiger partial charge on any atom is -0.504 e. The van der Waals surface area contributed by atoms with Crippen LogP contribution in [0.15, 0.2) is 24.3 Å². The van der Waals surface area contributed by atoms with E-state index >= 15 is 0 Å². The molecule has 0 aromatic heterocycles. The molecule has 33 heavy (non-hydrogen) atoms. The van der Waals surface area contributed by atoms with Crippen molar-refractivity contribution < 1.29 is 64.7 Å². The van der Waals surface area contributed by atoms with Gasteiger partial charge in [0.2, 0.25) is 0 Å². The number of hydrogen-bond acceptors (Lipinski definition) is 13. The average molecular weight is 468 g/mol. The molecule has 2 aromatic carbocycles. The fourth-order valence-corrected chi connectivity index (χ4v) is 3.03. The number of carbonyl (C=O) groups excluding carboxylic acids is 2. The van der Waals surface area contributed by atoms with Gasteiger partial charge in [0.05, 0.1) is 17.7 Å². The zero-order chi connectivity index (χ0) is 24.4. The van der Waals surface area contributed by atoms with Crippen molar-refractivity contribution in [1.29, 1.82) is 0 Å². The standard InChI is InChI=1S/C20H20O13/c21-9-1-7(2-10(22)15(9)26)19(29)32-6-14-17(28)18(13(25)5-31-14)33-20(30)8-3-11(23)16(27)12(24)4-8/h1-4,13-14,17-18,21-28H,5-6H2/t13-,14+,17+,18+/m0/s1. The number of esters is 2. The van der Waals surface area contributed by atoms with E-state index in [1.807, 2.05) is 0 Å². The van der Waals surface area contributed by atoms with Gasteiger partial charge in [-0.15, -0.1) is 0 Å². The van der Waals surface area contributed by atoms with Gasteiger partial charge in [-0.05, 0) is 24.3 Å². The van der Waals surface area contributed by atoms with Gasteiger partial charge in [-0.2, -0.15) is 0 Å². The zero-order valence-electron chi connectivity index (χ0n) is 16.7. The largest absolute Gasteiger partial charge is 0.504 e. The Morgan fingerprint density at radius 3 is 1.76 bits per heavy atom. The van der Waals surface area contributed by atoms with Crippen LogP contribution in [0.3, 0.4) is 0 Å². The van der Waals surface area contributed by atoms with Gasteiger partial charge >= 0.3 is 11.9 Å². The first-order valence-electron chi connectivity index (χ1n) is 9.35. The Bertz CT molecular complexity index is 1020. The Kier molecular flexibility index (Phi) is 6.67. The number of carbonyl (C=O) groups is 2. The predicted molar refractivity (Wildman–Crippen MR) is 104 cm³/mol. The Hall–Kier alpha value is -3.94. The van der Waals surface area contributed by atoms with E-state index in [2.05, 4.69) is 0 Å².